The van der Waals surface area contributed by atoms with E-state index in [1.54, 1.807) is 6.07 Å². The fourth-order valence-electron chi connectivity index (χ4n) is 2.59. The molecule has 1 N–H and O–H groups in total. The van der Waals surface area contributed by atoms with Crippen LogP contribution in [0.15, 0.2) is 24.3 Å². The fourth-order valence-corrected chi connectivity index (χ4v) is 2.59. The van der Waals surface area contributed by atoms with Crippen molar-refractivity contribution in [1.29, 1.82) is 0 Å². The Labute approximate surface area is 109 Å². The van der Waals surface area contributed by atoms with E-state index in [9.17, 15) is 4.39 Å². The third kappa shape index (κ3) is 3.30. The first kappa shape index (κ1) is 13.5. The largest absolute Gasteiger partial charge is 0.378 e. The quantitative estimate of drug-likeness (QED) is 0.885. The van der Waals surface area contributed by atoms with Gasteiger partial charge in [-0.2, -0.15) is 0 Å². The third-order valence-electron chi connectivity index (χ3n) is 3.68. The molecule has 1 aromatic carbocycles. The van der Waals surface area contributed by atoms with Crippen LogP contribution in [0.2, 0.25) is 0 Å². The number of rotatable bonds is 4. The minimum atomic E-state index is -0.128. The standard InChI is InChI=1S/C15H22FNO/c1-3-13-10-12(8-9-18-13)17-11(2)14-6-4-5-7-15(14)16/h4-7,11-13,17H,3,8-10H2,1-2H3/t11-,12?,13?/m1/s1. The van der Waals surface area contributed by atoms with Gasteiger partial charge >= 0.3 is 0 Å². The maximum Gasteiger partial charge on any atom is 0.127 e. The van der Waals surface area contributed by atoms with Gasteiger partial charge in [0.1, 0.15) is 5.82 Å². The Morgan fingerprint density at radius 1 is 1.44 bits per heavy atom. The first-order valence-corrected chi connectivity index (χ1v) is 6.82. The highest BCUT2D eigenvalue weighted by atomic mass is 19.1. The minimum Gasteiger partial charge on any atom is -0.378 e. The van der Waals surface area contributed by atoms with Crippen LogP contribution in [-0.2, 0) is 4.74 Å². The number of ether oxygens (including phenoxy) is 1. The molecule has 1 saturated heterocycles. The SMILES string of the molecule is CCC1CC(N[C@H](C)c2ccccc2F)CCO1. The van der Waals surface area contributed by atoms with Crippen molar-refractivity contribution in [3.05, 3.63) is 35.6 Å². The topological polar surface area (TPSA) is 21.3 Å². The first-order valence-electron chi connectivity index (χ1n) is 6.82. The van der Waals surface area contributed by atoms with Gasteiger partial charge in [0.05, 0.1) is 6.10 Å². The number of hydrogen-bond donors (Lipinski definition) is 1. The number of hydrogen-bond acceptors (Lipinski definition) is 2. The molecule has 3 atom stereocenters. The summed E-state index contributed by atoms with van der Waals surface area (Å²) in [5.74, 6) is -0.128. The molecule has 100 valence electrons. The van der Waals surface area contributed by atoms with Gasteiger partial charge in [0.15, 0.2) is 0 Å². The van der Waals surface area contributed by atoms with Crippen LogP contribution in [0.25, 0.3) is 0 Å². The maximum absolute atomic E-state index is 13.7. The summed E-state index contributed by atoms with van der Waals surface area (Å²) in [5.41, 5.74) is 0.747. The van der Waals surface area contributed by atoms with E-state index in [0.717, 1.165) is 31.4 Å². The Morgan fingerprint density at radius 2 is 2.22 bits per heavy atom. The Morgan fingerprint density at radius 3 is 2.94 bits per heavy atom. The van der Waals surface area contributed by atoms with Crippen LogP contribution in [-0.4, -0.2) is 18.8 Å². The summed E-state index contributed by atoms with van der Waals surface area (Å²) in [5, 5.41) is 3.52. The second-order valence-corrected chi connectivity index (χ2v) is 5.03. The zero-order valence-electron chi connectivity index (χ0n) is 11.2. The summed E-state index contributed by atoms with van der Waals surface area (Å²) in [6.07, 6.45) is 3.43. The van der Waals surface area contributed by atoms with Gasteiger partial charge in [-0.15, -0.1) is 0 Å². The van der Waals surface area contributed by atoms with Crippen molar-refractivity contribution in [1.82, 2.24) is 5.32 Å². The van der Waals surface area contributed by atoms with Gasteiger partial charge in [-0.3, -0.25) is 0 Å². The first-order chi connectivity index (χ1) is 8.70. The Hall–Kier alpha value is -0.930. The van der Waals surface area contributed by atoms with Crippen molar-refractivity contribution in [3.8, 4) is 0 Å². The molecule has 0 bridgehead atoms. The van der Waals surface area contributed by atoms with Crippen molar-refractivity contribution in [2.45, 2.75) is 51.3 Å². The predicted octanol–water partition coefficient (Wildman–Crippen LogP) is 3.43. The molecule has 0 saturated carbocycles. The smallest absolute Gasteiger partial charge is 0.127 e. The summed E-state index contributed by atoms with van der Waals surface area (Å²) < 4.78 is 19.3. The molecular formula is C15H22FNO. The van der Waals surface area contributed by atoms with Gasteiger partial charge in [0.2, 0.25) is 0 Å². The second-order valence-electron chi connectivity index (χ2n) is 5.03. The van der Waals surface area contributed by atoms with E-state index in [1.807, 2.05) is 19.1 Å². The van der Waals surface area contributed by atoms with Crippen LogP contribution in [0.3, 0.4) is 0 Å². The van der Waals surface area contributed by atoms with Crippen molar-refractivity contribution >= 4 is 0 Å². The van der Waals surface area contributed by atoms with Crippen LogP contribution in [0.1, 0.15) is 44.7 Å². The van der Waals surface area contributed by atoms with E-state index in [2.05, 4.69) is 12.2 Å². The summed E-state index contributed by atoms with van der Waals surface area (Å²) in [6, 6.07) is 7.46. The van der Waals surface area contributed by atoms with E-state index in [1.165, 1.54) is 6.07 Å². The monoisotopic (exact) mass is 251 g/mol. The van der Waals surface area contributed by atoms with E-state index in [0.29, 0.717) is 12.1 Å². The average Bonchev–Trinajstić information content (AvgIpc) is 2.39. The summed E-state index contributed by atoms with van der Waals surface area (Å²) in [6.45, 7) is 4.97. The van der Waals surface area contributed by atoms with Crippen LogP contribution < -0.4 is 5.32 Å². The molecule has 1 aliphatic rings. The highest BCUT2D eigenvalue weighted by molar-refractivity contribution is 5.20. The molecular weight excluding hydrogens is 229 g/mol. The summed E-state index contributed by atoms with van der Waals surface area (Å²) in [4.78, 5) is 0. The van der Waals surface area contributed by atoms with Gasteiger partial charge in [0.25, 0.3) is 0 Å². The van der Waals surface area contributed by atoms with Crippen molar-refractivity contribution in [3.63, 3.8) is 0 Å². The number of benzene rings is 1. The average molecular weight is 251 g/mol. The van der Waals surface area contributed by atoms with Crippen LogP contribution in [0.4, 0.5) is 4.39 Å². The zero-order chi connectivity index (χ0) is 13.0. The lowest BCUT2D eigenvalue weighted by molar-refractivity contribution is -0.00170. The van der Waals surface area contributed by atoms with E-state index < -0.39 is 0 Å². The molecule has 2 rings (SSSR count). The van der Waals surface area contributed by atoms with Gasteiger partial charge in [-0.25, -0.2) is 4.39 Å². The lowest BCUT2D eigenvalue weighted by Crippen LogP contribution is -2.40. The van der Waals surface area contributed by atoms with Crippen molar-refractivity contribution in [2.75, 3.05) is 6.61 Å². The van der Waals surface area contributed by atoms with Gasteiger partial charge in [-0.1, -0.05) is 25.1 Å². The number of halogens is 1. The zero-order valence-corrected chi connectivity index (χ0v) is 11.2. The minimum absolute atomic E-state index is 0.0480. The molecule has 3 heteroatoms. The summed E-state index contributed by atoms with van der Waals surface area (Å²) >= 11 is 0. The molecule has 18 heavy (non-hydrogen) atoms. The van der Waals surface area contributed by atoms with Crippen LogP contribution in [0, 0.1) is 5.82 Å². The maximum atomic E-state index is 13.7. The van der Waals surface area contributed by atoms with Crippen molar-refractivity contribution < 1.29 is 9.13 Å². The van der Waals surface area contributed by atoms with Crippen molar-refractivity contribution in [2.24, 2.45) is 0 Å². The highest BCUT2D eigenvalue weighted by Crippen LogP contribution is 2.21. The molecule has 1 aromatic rings. The molecule has 2 nitrogen and oxygen atoms in total. The number of nitrogens with one attached hydrogen (secondary N) is 1. The molecule has 0 spiro atoms. The van der Waals surface area contributed by atoms with E-state index in [4.69, 9.17) is 4.74 Å². The Bertz CT molecular complexity index is 383. The Kier molecular flexibility index (Phi) is 4.72. The van der Waals surface area contributed by atoms with Gasteiger partial charge in [0, 0.05) is 24.3 Å². The highest BCUT2D eigenvalue weighted by Gasteiger charge is 2.23. The lowest BCUT2D eigenvalue weighted by Gasteiger charge is -2.32. The van der Waals surface area contributed by atoms with Crippen LogP contribution >= 0.6 is 0 Å². The van der Waals surface area contributed by atoms with Gasteiger partial charge in [-0.05, 0) is 32.3 Å². The van der Waals surface area contributed by atoms with Gasteiger partial charge < -0.3 is 10.1 Å². The summed E-state index contributed by atoms with van der Waals surface area (Å²) in [7, 11) is 0. The van der Waals surface area contributed by atoms with E-state index >= 15 is 0 Å². The molecule has 0 radical (unpaired) electrons. The molecule has 1 fully saturated rings. The van der Waals surface area contributed by atoms with E-state index in [-0.39, 0.29) is 11.9 Å². The van der Waals surface area contributed by atoms with Crippen LogP contribution in [0.5, 0.6) is 0 Å². The normalized spacial score (nSPS) is 25.9. The molecule has 0 aromatic heterocycles. The third-order valence-corrected chi connectivity index (χ3v) is 3.68. The molecule has 1 heterocycles. The molecule has 1 aliphatic heterocycles. The molecule has 2 unspecified atom stereocenters. The second kappa shape index (κ2) is 6.30. The Balaban J connectivity index is 1.95. The molecule has 0 amide bonds. The lowest BCUT2D eigenvalue weighted by atomic mass is 9.99. The predicted molar refractivity (Wildman–Crippen MR) is 71.0 cm³/mol. The molecule has 0 aliphatic carbocycles. The fraction of sp³-hybridized carbons (Fsp3) is 0.600.